The highest BCUT2D eigenvalue weighted by molar-refractivity contribution is 7.20. The first-order valence-corrected chi connectivity index (χ1v) is 8.57. The average Bonchev–Trinajstić information content (AvgIpc) is 2.92. The van der Waals surface area contributed by atoms with Gasteiger partial charge in [-0.15, -0.1) is 11.3 Å². The molecule has 4 nitrogen and oxygen atoms in total. The number of nitrogen functional groups attached to an aromatic ring is 1. The van der Waals surface area contributed by atoms with Crippen LogP contribution in [0.5, 0.6) is 0 Å². The van der Waals surface area contributed by atoms with Crippen molar-refractivity contribution in [2.45, 2.75) is 13.3 Å². The number of halogens is 1. The third-order valence-corrected chi connectivity index (χ3v) is 5.01. The summed E-state index contributed by atoms with van der Waals surface area (Å²) in [6.07, 6.45) is 3.66. The molecule has 122 valence electrons. The number of carbonyl (C=O) groups is 1. The number of thiophene rings is 1. The van der Waals surface area contributed by atoms with Crippen LogP contribution in [0.2, 0.25) is 5.02 Å². The fourth-order valence-electron chi connectivity index (χ4n) is 2.30. The highest BCUT2D eigenvalue weighted by Crippen LogP contribution is 2.37. The van der Waals surface area contributed by atoms with Crippen LogP contribution in [0.1, 0.15) is 11.1 Å². The van der Waals surface area contributed by atoms with E-state index in [1.807, 2.05) is 43.3 Å². The maximum atomic E-state index is 12.3. The summed E-state index contributed by atoms with van der Waals surface area (Å²) in [6.45, 7) is 1.96. The second-order valence-corrected chi connectivity index (χ2v) is 6.91. The zero-order valence-electron chi connectivity index (χ0n) is 13.0. The van der Waals surface area contributed by atoms with Gasteiger partial charge in [0.05, 0.1) is 12.1 Å². The number of carbonyl (C=O) groups excluding carboxylic acids is 1. The van der Waals surface area contributed by atoms with Crippen molar-refractivity contribution in [3.8, 4) is 10.4 Å². The molecule has 0 spiro atoms. The monoisotopic (exact) mass is 357 g/mol. The van der Waals surface area contributed by atoms with Crippen LogP contribution in [0, 0.1) is 6.92 Å². The van der Waals surface area contributed by atoms with Crippen molar-refractivity contribution in [3.63, 3.8) is 0 Å². The highest BCUT2D eigenvalue weighted by Gasteiger charge is 2.13. The molecule has 0 aliphatic heterocycles. The van der Waals surface area contributed by atoms with E-state index in [1.165, 1.54) is 11.3 Å². The zero-order valence-corrected chi connectivity index (χ0v) is 14.6. The first kappa shape index (κ1) is 16.5. The summed E-state index contributed by atoms with van der Waals surface area (Å²) in [7, 11) is 0. The summed E-state index contributed by atoms with van der Waals surface area (Å²) in [5.41, 5.74) is 9.45. The van der Waals surface area contributed by atoms with Gasteiger partial charge in [0.1, 0.15) is 5.00 Å². The minimum absolute atomic E-state index is 0.143. The van der Waals surface area contributed by atoms with Crippen molar-refractivity contribution < 1.29 is 4.79 Å². The number of amides is 1. The van der Waals surface area contributed by atoms with Crippen LogP contribution in [0.25, 0.3) is 10.4 Å². The Balaban J connectivity index is 1.74. The van der Waals surface area contributed by atoms with Crippen LogP contribution in [0.3, 0.4) is 0 Å². The van der Waals surface area contributed by atoms with Crippen LogP contribution in [0.4, 0.5) is 10.7 Å². The summed E-state index contributed by atoms with van der Waals surface area (Å²) in [5, 5.41) is 4.12. The van der Waals surface area contributed by atoms with E-state index in [4.69, 9.17) is 17.3 Å². The number of aromatic nitrogens is 1. The molecule has 3 rings (SSSR count). The molecule has 24 heavy (non-hydrogen) atoms. The number of rotatable bonds is 4. The molecule has 0 aliphatic carbocycles. The van der Waals surface area contributed by atoms with Crippen molar-refractivity contribution in [2.75, 3.05) is 11.1 Å². The number of aryl methyl sites for hydroxylation is 1. The van der Waals surface area contributed by atoms with Gasteiger partial charge in [0, 0.05) is 22.3 Å². The SMILES string of the molecule is Cc1ccc(CC(=O)Nc2sc(-c3ccncc3)cc2N)c(Cl)c1. The molecule has 2 aromatic heterocycles. The predicted octanol–water partition coefficient (Wildman–Crippen LogP) is 4.54. The third-order valence-electron chi connectivity index (χ3n) is 3.54. The Morgan fingerprint density at radius 2 is 2.00 bits per heavy atom. The Morgan fingerprint density at radius 3 is 2.71 bits per heavy atom. The van der Waals surface area contributed by atoms with Gasteiger partial charge in [0.15, 0.2) is 0 Å². The molecule has 0 fully saturated rings. The Labute approximate surface area is 149 Å². The van der Waals surface area contributed by atoms with Gasteiger partial charge < -0.3 is 11.1 Å². The summed E-state index contributed by atoms with van der Waals surface area (Å²) in [5.74, 6) is -0.143. The molecule has 2 heterocycles. The zero-order chi connectivity index (χ0) is 17.1. The van der Waals surface area contributed by atoms with Gasteiger partial charge in [-0.1, -0.05) is 23.7 Å². The second kappa shape index (κ2) is 7.03. The minimum Gasteiger partial charge on any atom is -0.396 e. The Hall–Kier alpha value is -2.37. The number of pyridine rings is 1. The molecule has 0 saturated carbocycles. The lowest BCUT2D eigenvalue weighted by atomic mass is 10.1. The smallest absolute Gasteiger partial charge is 0.229 e. The second-order valence-electron chi connectivity index (χ2n) is 5.45. The van der Waals surface area contributed by atoms with Gasteiger partial charge >= 0.3 is 0 Å². The number of hydrogen-bond donors (Lipinski definition) is 2. The van der Waals surface area contributed by atoms with E-state index < -0.39 is 0 Å². The number of nitrogens with one attached hydrogen (secondary N) is 1. The van der Waals surface area contributed by atoms with Crippen LogP contribution < -0.4 is 11.1 Å². The molecule has 0 radical (unpaired) electrons. The molecule has 0 atom stereocenters. The lowest BCUT2D eigenvalue weighted by molar-refractivity contribution is -0.115. The molecule has 1 amide bonds. The fourth-order valence-corrected chi connectivity index (χ4v) is 3.60. The molecule has 1 aromatic carbocycles. The minimum atomic E-state index is -0.143. The summed E-state index contributed by atoms with van der Waals surface area (Å²) in [6, 6.07) is 11.3. The van der Waals surface area contributed by atoms with E-state index in [2.05, 4.69) is 10.3 Å². The van der Waals surface area contributed by atoms with Gasteiger partial charge in [-0.2, -0.15) is 0 Å². The summed E-state index contributed by atoms with van der Waals surface area (Å²) in [4.78, 5) is 17.3. The number of benzene rings is 1. The van der Waals surface area contributed by atoms with E-state index in [-0.39, 0.29) is 12.3 Å². The molecule has 3 aromatic rings. The largest absolute Gasteiger partial charge is 0.396 e. The lowest BCUT2D eigenvalue weighted by Crippen LogP contribution is -2.14. The first-order chi connectivity index (χ1) is 11.5. The molecule has 0 saturated heterocycles. The van der Waals surface area contributed by atoms with Crippen LogP contribution >= 0.6 is 22.9 Å². The van der Waals surface area contributed by atoms with E-state index in [1.54, 1.807) is 12.4 Å². The molecule has 0 aliphatic rings. The first-order valence-electron chi connectivity index (χ1n) is 7.37. The van der Waals surface area contributed by atoms with Crippen LogP contribution in [-0.2, 0) is 11.2 Å². The highest BCUT2D eigenvalue weighted by atomic mass is 35.5. The lowest BCUT2D eigenvalue weighted by Gasteiger charge is -2.06. The van der Waals surface area contributed by atoms with E-state index in [0.29, 0.717) is 15.7 Å². The summed E-state index contributed by atoms with van der Waals surface area (Å²) >= 11 is 7.62. The molecule has 3 N–H and O–H groups in total. The maximum absolute atomic E-state index is 12.3. The molecule has 0 unspecified atom stereocenters. The average molecular weight is 358 g/mol. The summed E-state index contributed by atoms with van der Waals surface area (Å²) < 4.78 is 0. The molecular formula is C18H16ClN3OS. The van der Waals surface area contributed by atoms with Gasteiger partial charge in [0.25, 0.3) is 0 Å². The Morgan fingerprint density at radius 1 is 1.25 bits per heavy atom. The van der Waals surface area contributed by atoms with E-state index in [0.717, 1.165) is 21.6 Å². The maximum Gasteiger partial charge on any atom is 0.229 e. The van der Waals surface area contributed by atoms with Crippen molar-refractivity contribution in [1.82, 2.24) is 4.98 Å². The van der Waals surface area contributed by atoms with Crippen LogP contribution in [-0.4, -0.2) is 10.9 Å². The van der Waals surface area contributed by atoms with Gasteiger partial charge in [-0.05, 0) is 47.9 Å². The van der Waals surface area contributed by atoms with Gasteiger partial charge in [-0.3, -0.25) is 9.78 Å². The molecule has 0 bridgehead atoms. The Kier molecular flexibility index (Phi) is 4.83. The standard InChI is InChI=1S/C18H16ClN3OS/c1-11-2-3-13(14(19)8-11)9-17(23)22-18-15(20)10-16(24-18)12-4-6-21-7-5-12/h2-8,10H,9,20H2,1H3,(H,22,23). The van der Waals surface area contributed by atoms with E-state index in [9.17, 15) is 4.79 Å². The van der Waals surface area contributed by atoms with E-state index >= 15 is 0 Å². The fraction of sp³-hybridized carbons (Fsp3) is 0.111. The molecular weight excluding hydrogens is 342 g/mol. The van der Waals surface area contributed by atoms with Gasteiger partial charge in [-0.25, -0.2) is 0 Å². The van der Waals surface area contributed by atoms with Crippen molar-refractivity contribution >= 4 is 39.5 Å². The number of hydrogen-bond acceptors (Lipinski definition) is 4. The Bertz CT molecular complexity index is 877. The van der Waals surface area contributed by atoms with Crippen molar-refractivity contribution in [3.05, 3.63) is 64.9 Å². The van der Waals surface area contributed by atoms with Crippen molar-refractivity contribution in [1.29, 1.82) is 0 Å². The third kappa shape index (κ3) is 3.75. The van der Waals surface area contributed by atoms with Crippen molar-refractivity contribution in [2.24, 2.45) is 0 Å². The van der Waals surface area contributed by atoms with Crippen LogP contribution in [0.15, 0.2) is 48.8 Å². The normalized spacial score (nSPS) is 10.6. The topological polar surface area (TPSA) is 68.0 Å². The molecule has 6 heteroatoms. The quantitative estimate of drug-likeness (QED) is 0.720. The number of nitrogens with two attached hydrogens (primary N) is 1. The predicted molar refractivity (Wildman–Crippen MR) is 100 cm³/mol. The number of nitrogens with zero attached hydrogens (tertiary/aromatic N) is 1. The number of anilines is 2. The van der Waals surface area contributed by atoms with Gasteiger partial charge in [0.2, 0.25) is 5.91 Å².